The Morgan fingerprint density at radius 2 is 1.84 bits per heavy atom. The van der Waals surface area contributed by atoms with Gasteiger partial charge in [0.2, 0.25) is 5.91 Å². The van der Waals surface area contributed by atoms with Crippen LogP contribution in [-0.4, -0.2) is 38.0 Å². The minimum Gasteiger partial charge on any atom is -0.364 e. The highest BCUT2D eigenvalue weighted by Gasteiger charge is 2.24. The first-order chi connectivity index (χ1) is 14.7. The maximum Gasteiger partial charge on any atom is 0.225 e. The Balaban J connectivity index is 0.00000272. The van der Waals surface area contributed by atoms with Crippen LogP contribution in [0, 0.1) is 0 Å². The average molecular weight is 531 g/mol. The number of amides is 1. The highest BCUT2D eigenvalue weighted by molar-refractivity contribution is 14.0. The molecular formula is C24H30IN5O. The smallest absolute Gasteiger partial charge is 0.225 e. The van der Waals surface area contributed by atoms with Crippen molar-refractivity contribution >= 4 is 47.2 Å². The zero-order valence-electron chi connectivity index (χ0n) is 17.8. The molecule has 0 radical (unpaired) electrons. The van der Waals surface area contributed by atoms with Crippen molar-refractivity contribution in [3.63, 3.8) is 0 Å². The molecule has 3 N–H and O–H groups in total. The fourth-order valence-electron chi connectivity index (χ4n) is 3.92. The van der Waals surface area contributed by atoms with Gasteiger partial charge in [0, 0.05) is 49.9 Å². The van der Waals surface area contributed by atoms with E-state index < -0.39 is 0 Å². The molecule has 4 rings (SSSR count). The van der Waals surface area contributed by atoms with E-state index in [1.165, 1.54) is 16.8 Å². The quantitative estimate of drug-likeness (QED) is 0.229. The Hall–Kier alpha value is -2.55. The summed E-state index contributed by atoms with van der Waals surface area (Å²) >= 11 is 0. The molecule has 7 heteroatoms. The lowest BCUT2D eigenvalue weighted by atomic mass is 9.90. The van der Waals surface area contributed by atoms with Gasteiger partial charge in [0.15, 0.2) is 5.96 Å². The van der Waals surface area contributed by atoms with Gasteiger partial charge in [-0.3, -0.25) is 4.79 Å². The molecule has 1 amide bonds. The predicted octanol–water partition coefficient (Wildman–Crippen LogP) is 3.86. The summed E-state index contributed by atoms with van der Waals surface area (Å²) < 4.78 is 0. The molecule has 0 saturated carbocycles. The Labute approximate surface area is 201 Å². The fourth-order valence-corrected chi connectivity index (χ4v) is 3.92. The summed E-state index contributed by atoms with van der Waals surface area (Å²) in [5.74, 6) is 0.969. The summed E-state index contributed by atoms with van der Waals surface area (Å²) in [5.41, 5.74) is 4.50. The molecule has 2 aromatic carbocycles. The van der Waals surface area contributed by atoms with E-state index in [0.717, 1.165) is 31.3 Å². The third-order valence-corrected chi connectivity index (χ3v) is 5.51. The van der Waals surface area contributed by atoms with E-state index in [1.54, 1.807) is 0 Å². The molecule has 2 aromatic rings. The molecule has 31 heavy (non-hydrogen) atoms. The second-order valence-corrected chi connectivity index (χ2v) is 7.66. The van der Waals surface area contributed by atoms with Gasteiger partial charge in [0.25, 0.3) is 0 Å². The summed E-state index contributed by atoms with van der Waals surface area (Å²) in [5, 5.41) is 9.68. The number of benzene rings is 2. The molecule has 0 aliphatic carbocycles. The Morgan fingerprint density at radius 1 is 1.10 bits per heavy atom. The number of guanidine groups is 1. The normalized spacial score (nSPS) is 17.6. The van der Waals surface area contributed by atoms with Crippen LogP contribution >= 0.6 is 24.0 Å². The Kier molecular flexibility index (Phi) is 8.34. The highest BCUT2D eigenvalue weighted by atomic mass is 127. The van der Waals surface area contributed by atoms with Crippen molar-refractivity contribution in [2.45, 2.75) is 25.8 Å². The summed E-state index contributed by atoms with van der Waals surface area (Å²) in [7, 11) is 0. The van der Waals surface area contributed by atoms with Crippen molar-refractivity contribution in [3.8, 4) is 0 Å². The molecule has 0 spiro atoms. The third-order valence-electron chi connectivity index (χ3n) is 5.51. The summed E-state index contributed by atoms with van der Waals surface area (Å²) in [6.07, 6.45) is 4.87. The topological polar surface area (TPSA) is 68.8 Å². The number of rotatable bonds is 6. The first kappa shape index (κ1) is 23.1. The van der Waals surface area contributed by atoms with Crippen LogP contribution in [-0.2, 0) is 11.3 Å². The number of hydrogen-bond acceptors (Lipinski definition) is 3. The number of para-hydroxylation sites is 1. The monoisotopic (exact) mass is 531 g/mol. The SMILES string of the molecule is CCNC(=NCc1ccc(N2CC=CC2)cc1)NCC1CC(=O)Nc2ccccc21.I. The minimum absolute atomic E-state index is 0. The van der Waals surface area contributed by atoms with Crippen LogP contribution in [0.2, 0.25) is 0 Å². The molecule has 1 atom stereocenters. The Bertz CT molecular complexity index is 933. The number of halogens is 1. The molecule has 2 aliphatic rings. The number of carbonyl (C=O) groups excluding carboxylic acids is 1. The molecule has 0 aromatic heterocycles. The van der Waals surface area contributed by atoms with Crippen LogP contribution in [0.25, 0.3) is 0 Å². The first-order valence-electron chi connectivity index (χ1n) is 10.6. The highest BCUT2D eigenvalue weighted by Crippen LogP contribution is 2.31. The maximum absolute atomic E-state index is 12.0. The van der Waals surface area contributed by atoms with Gasteiger partial charge in [0.1, 0.15) is 0 Å². The first-order valence-corrected chi connectivity index (χ1v) is 10.6. The van der Waals surface area contributed by atoms with Crippen LogP contribution in [0.4, 0.5) is 11.4 Å². The predicted molar refractivity (Wildman–Crippen MR) is 138 cm³/mol. The van der Waals surface area contributed by atoms with E-state index in [2.05, 4.69) is 70.3 Å². The average Bonchev–Trinajstić information content (AvgIpc) is 3.31. The van der Waals surface area contributed by atoms with E-state index in [1.807, 2.05) is 18.2 Å². The summed E-state index contributed by atoms with van der Waals surface area (Å²) in [6, 6.07) is 16.6. The molecule has 6 nitrogen and oxygen atoms in total. The van der Waals surface area contributed by atoms with Gasteiger partial charge in [-0.1, -0.05) is 42.5 Å². The fraction of sp³-hybridized carbons (Fsp3) is 0.333. The zero-order chi connectivity index (χ0) is 20.8. The van der Waals surface area contributed by atoms with Crippen molar-refractivity contribution in [1.29, 1.82) is 0 Å². The van der Waals surface area contributed by atoms with Crippen molar-refractivity contribution in [2.75, 3.05) is 36.4 Å². The second-order valence-electron chi connectivity index (χ2n) is 7.66. The number of fused-ring (bicyclic) bond motifs is 1. The van der Waals surface area contributed by atoms with E-state index in [9.17, 15) is 4.79 Å². The van der Waals surface area contributed by atoms with Gasteiger partial charge in [-0.2, -0.15) is 0 Å². The molecule has 0 saturated heterocycles. The zero-order valence-corrected chi connectivity index (χ0v) is 20.1. The lowest BCUT2D eigenvalue weighted by Gasteiger charge is -2.26. The molecule has 2 aliphatic heterocycles. The maximum atomic E-state index is 12.0. The van der Waals surface area contributed by atoms with Crippen molar-refractivity contribution in [2.24, 2.45) is 4.99 Å². The van der Waals surface area contributed by atoms with E-state index in [4.69, 9.17) is 4.99 Å². The van der Waals surface area contributed by atoms with Crippen LogP contribution < -0.4 is 20.9 Å². The van der Waals surface area contributed by atoms with Gasteiger partial charge in [-0.15, -0.1) is 24.0 Å². The van der Waals surface area contributed by atoms with Gasteiger partial charge in [0.05, 0.1) is 6.54 Å². The number of aliphatic imine (C=N–C) groups is 1. The summed E-state index contributed by atoms with van der Waals surface area (Å²) in [4.78, 5) is 19.1. The largest absolute Gasteiger partial charge is 0.364 e. The number of carbonyl (C=O) groups is 1. The van der Waals surface area contributed by atoms with Crippen molar-refractivity contribution in [1.82, 2.24) is 10.6 Å². The van der Waals surface area contributed by atoms with Crippen LogP contribution in [0.3, 0.4) is 0 Å². The molecule has 2 heterocycles. The summed E-state index contributed by atoms with van der Waals surface area (Å²) in [6.45, 7) is 6.07. The molecule has 164 valence electrons. The van der Waals surface area contributed by atoms with Gasteiger partial charge >= 0.3 is 0 Å². The number of nitrogens with zero attached hydrogens (tertiary/aromatic N) is 2. The minimum atomic E-state index is 0. The van der Waals surface area contributed by atoms with Crippen molar-refractivity contribution < 1.29 is 4.79 Å². The lowest BCUT2D eigenvalue weighted by molar-refractivity contribution is -0.116. The Morgan fingerprint density at radius 3 is 2.58 bits per heavy atom. The van der Waals surface area contributed by atoms with Crippen molar-refractivity contribution in [3.05, 3.63) is 71.8 Å². The second kappa shape index (κ2) is 11.2. The van der Waals surface area contributed by atoms with Gasteiger partial charge in [-0.05, 0) is 36.2 Å². The molecular weight excluding hydrogens is 501 g/mol. The molecule has 0 bridgehead atoms. The lowest BCUT2D eigenvalue weighted by Crippen LogP contribution is -2.40. The van der Waals surface area contributed by atoms with Gasteiger partial charge in [-0.25, -0.2) is 4.99 Å². The van der Waals surface area contributed by atoms with E-state index in [0.29, 0.717) is 19.5 Å². The van der Waals surface area contributed by atoms with E-state index in [-0.39, 0.29) is 35.8 Å². The standard InChI is InChI=1S/C24H29N5O.HI/c1-2-25-24(26-16-18-9-11-20(12-10-18)29-13-5-6-14-29)27-17-19-15-23(30)28-22-8-4-3-7-21(19)22;/h3-12,19H,2,13-17H2,1H3,(H,28,30)(H2,25,26,27);1H. The molecule has 1 unspecified atom stereocenters. The van der Waals surface area contributed by atoms with Crippen LogP contribution in [0.15, 0.2) is 65.7 Å². The van der Waals surface area contributed by atoms with Gasteiger partial charge < -0.3 is 20.9 Å². The number of anilines is 2. The van der Waals surface area contributed by atoms with E-state index >= 15 is 0 Å². The molecule has 0 fully saturated rings. The third kappa shape index (κ3) is 6.00. The number of nitrogens with one attached hydrogen (secondary N) is 3. The van der Waals surface area contributed by atoms with Crippen LogP contribution in [0.5, 0.6) is 0 Å². The van der Waals surface area contributed by atoms with Crippen LogP contribution in [0.1, 0.15) is 30.4 Å². The number of hydrogen-bond donors (Lipinski definition) is 3.